The lowest BCUT2D eigenvalue weighted by molar-refractivity contribution is 0.483. The van der Waals surface area contributed by atoms with Crippen LogP contribution in [0.3, 0.4) is 0 Å². The van der Waals surface area contributed by atoms with Crippen molar-refractivity contribution >= 4 is 118 Å². The summed E-state index contributed by atoms with van der Waals surface area (Å²) in [6.07, 6.45) is 1.87. The minimum Gasteiger partial charge on any atom is -0.462 e. The number of nitrogens with zero attached hydrogens (tertiary/aromatic N) is 5. The highest BCUT2D eigenvalue weighted by atomic mass is 32.1. The Morgan fingerprint density at radius 3 is 1.06 bits per heavy atom. The fourth-order valence-corrected chi connectivity index (χ4v) is 12.1. The summed E-state index contributed by atoms with van der Waals surface area (Å²) in [5.41, 5.74) is 15.4. The standard InChI is InChI=1S/C76H55N5O2S/c1-8-27-56(28-9-1)77(57-29-10-2-11-30-57)64-47-65(49-66(48-64)80(61-37-18-6-19-38-61)73-54-82-75-45-24-22-43-71(73)75)79(60-35-16-5-17-36-60)63-41-26-42-69(51-63)83-70-52-67(78(58-31-12-3-13-32-58)59-33-14-4-15-34-59)50-68(53-70)81(62-39-20-7-21-40-62)74-55-84-76-46-25-23-44-72(74)76/h1-55H. The second kappa shape index (κ2) is 23.2. The number of anilines is 15. The number of para-hydroxylation sites is 8. The highest BCUT2D eigenvalue weighted by Gasteiger charge is 2.26. The molecule has 0 N–H and O–H groups in total. The van der Waals surface area contributed by atoms with E-state index in [1.165, 1.54) is 10.1 Å². The Morgan fingerprint density at radius 1 is 0.250 bits per heavy atom. The summed E-state index contributed by atoms with van der Waals surface area (Å²) in [5, 5.41) is 4.43. The summed E-state index contributed by atoms with van der Waals surface area (Å²) in [6, 6.07) is 113. The number of ether oxygens (including phenoxy) is 1. The third-order valence-electron chi connectivity index (χ3n) is 14.9. The monoisotopic (exact) mass is 1100 g/mol. The van der Waals surface area contributed by atoms with Crippen LogP contribution in [-0.2, 0) is 0 Å². The highest BCUT2D eigenvalue weighted by molar-refractivity contribution is 7.17. The van der Waals surface area contributed by atoms with Gasteiger partial charge in [-0.1, -0.05) is 164 Å². The molecule has 0 saturated carbocycles. The maximum atomic E-state index is 7.32. The normalized spacial score (nSPS) is 11.1. The van der Waals surface area contributed by atoms with Crippen molar-refractivity contribution in [3.05, 3.63) is 333 Å². The molecule has 0 spiro atoms. The van der Waals surface area contributed by atoms with E-state index in [-0.39, 0.29) is 0 Å². The average Bonchev–Trinajstić information content (AvgIpc) is 4.27. The van der Waals surface area contributed by atoms with Crippen LogP contribution in [0.1, 0.15) is 0 Å². The van der Waals surface area contributed by atoms with Gasteiger partial charge in [0.05, 0.1) is 39.8 Å². The summed E-state index contributed by atoms with van der Waals surface area (Å²) >= 11 is 1.75. The molecule has 0 aliphatic carbocycles. The van der Waals surface area contributed by atoms with Crippen LogP contribution < -0.4 is 29.2 Å². The van der Waals surface area contributed by atoms with Crippen LogP contribution >= 0.6 is 11.3 Å². The summed E-state index contributed by atoms with van der Waals surface area (Å²) in [4.78, 5) is 11.6. The summed E-state index contributed by atoms with van der Waals surface area (Å²) < 4.78 is 14.9. The zero-order valence-electron chi connectivity index (χ0n) is 45.7. The molecular weight excluding hydrogens is 1050 g/mol. The van der Waals surface area contributed by atoms with E-state index in [4.69, 9.17) is 9.15 Å². The molecule has 2 heterocycles. The van der Waals surface area contributed by atoms with Gasteiger partial charge in [0, 0.05) is 84.6 Å². The molecule has 12 aromatic carbocycles. The molecule has 14 rings (SSSR count). The van der Waals surface area contributed by atoms with Crippen LogP contribution in [0.4, 0.5) is 85.3 Å². The number of benzene rings is 12. The molecule has 0 aliphatic rings. The number of hydrogen-bond donors (Lipinski definition) is 0. The van der Waals surface area contributed by atoms with Crippen molar-refractivity contribution in [2.45, 2.75) is 0 Å². The molecule has 0 bridgehead atoms. The van der Waals surface area contributed by atoms with E-state index >= 15 is 0 Å². The Labute approximate surface area is 493 Å². The van der Waals surface area contributed by atoms with E-state index in [9.17, 15) is 0 Å². The van der Waals surface area contributed by atoms with Gasteiger partial charge in [-0.15, -0.1) is 11.3 Å². The van der Waals surface area contributed by atoms with Gasteiger partial charge in [-0.05, 0) is 140 Å². The summed E-state index contributed by atoms with van der Waals surface area (Å²) in [6.45, 7) is 0. The number of furan rings is 1. The van der Waals surface area contributed by atoms with E-state index in [0.717, 1.165) is 96.3 Å². The molecule has 14 aromatic rings. The van der Waals surface area contributed by atoms with Crippen molar-refractivity contribution in [1.29, 1.82) is 0 Å². The number of fused-ring (bicyclic) bond motifs is 2. The maximum absolute atomic E-state index is 7.32. The fourth-order valence-electron chi connectivity index (χ4n) is 11.2. The van der Waals surface area contributed by atoms with E-state index < -0.39 is 0 Å². The van der Waals surface area contributed by atoms with Gasteiger partial charge in [0.15, 0.2) is 0 Å². The van der Waals surface area contributed by atoms with Crippen molar-refractivity contribution in [2.75, 3.05) is 24.5 Å². The van der Waals surface area contributed by atoms with Crippen LogP contribution in [0.25, 0.3) is 21.1 Å². The van der Waals surface area contributed by atoms with Crippen LogP contribution in [0.2, 0.25) is 0 Å². The predicted octanol–water partition coefficient (Wildman–Crippen LogP) is 22.8. The molecule has 0 atom stereocenters. The maximum Gasteiger partial charge on any atom is 0.136 e. The Bertz CT molecular complexity index is 4410. The lowest BCUT2D eigenvalue weighted by atomic mass is 10.1. The molecule has 0 saturated heterocycles. The molecule has 8 heteroatoms. The van der Waals surface area contributed by atoms with Crippen LogP contribution in [0.15, 0.2) is 338 Å². The highest BCUT2D eigenvalue weighted by Crippen LogP contribution is 2.50. The molecule has 7 nitrogen and oxygen atoms in total. The van der Waals surface area contributed by atoms with Gasteiger partial charge in [0.1, 0.15) is 23.3 Å². The lowest BCUT2D eigenvalue weighted by Crippen LogP contribution is -2.16. The molecule has 0 amide bonds. The zero-order valence-corrected chi connectivity index (χ0v) is 46.5. The Balaban J connectivity index is 0.958. The van der Waals surface area contributed by atoms with Crippen LogP contribution in [0, 0.1) is 0 Å². The first-order valence-electron chi connectivity index (χ1n) is 28.0. The largest absolute Gasteiger partial charge is 0.462 e. The zero-order chi connectivity index (χ0) is 56.0. The molecule has 84 heavy (non-hydrogen) atoms. The van der Waals surface area contributed by atoms with Gasteiger partial charge in [-0.2, -0.15) is 0 Å². The van der Waals surface area contributed by atoms with Crippen molar-refractivity contribution in [3.63, 3.8) is 0 Å². The molecule has 2 aromatic heterocycles. The van der Waals surface area contributed by atoms with Gasteiger partial charge in [0.25, 0.3) is 0 Å². The SMILES string of the molecule is c1ccc(N(c2ccccc2)c2cc(N(c3ccccc3)c3cccc(Oc4cc(N(c5ccccc5)c5ccccc5)cc(N(c5ccccc5)c5csc6ccccc56)c4)c3)cc(N(c3ccccc3)c3coc4ccccc34)c2)cc1. The smallest absolute Gasteiger partial charge is 0.136 e. The molecular formula is C76H55N5O2S. The minimum atomic E-state index is 0.664. The van der Waals surface area contributed by atoms with E-state index in [1.54, 1.807) is 11.3 Å². The number of thiophene rings is 1. The third kappa shape index (κ3) is 10.4. The molecule has 0 aliphatic heterocycles. The quantitative estimate of drug-likeness (QED) is 0.0899. The first kappa shape index (κ1) is 51.1. The van der Waals surface area contributed by atoms with Gasteiger partial charge in [0.2, 0.25) is 0 Å². The Kier molecular flexibility index (Phi) is 14.1. The summed E-state index contributed by atoms with van der Waals surface area (Å²) in [7, 11) is 0. The van der Waals surface area contributed by atoms with E-state index in [0.29, 0.717) is 11.5 Å². The Hall–Kier alpha value is -11.1. The number of hydrogen-bond acceptors (Lipinski definition) is 8. The second-order valence-corrected chi connectivity index (χ2v) is 21.2. The average molecular weight is 1100 g/mol. The third-order valence-corrected chi connectivity index (χ3v) is 15.8. The van der Waals surface area contributed by atoms with Crippen molar-refractivity contribution in [2.24, 2.45) is 0 Å². The molecule has 0 unspecified atom stereocenters. The fraction of sp³-hybridized carbons (Fsp3) is 0. The van der Waals surface area contributed by atoms with Gasteiger partial charge in [-0.3, -0.25) is 0 Å². The van der Waals surface area contributed by atoms with Crippen LogP contribution in [0.5, 0.6) is 11.5 Å². The van der Waals surface area contributed by atoms with Crippen molar-refractivity contribution in [3.8, 4) is 11.5 Å². The molecule has 0 radical (unpaired) electrons. The summed E-state index contributed by atoms with van der Waals surface area (Å²) in [5.74, 6) is 1.33. The van der Waals surface area contributed by atoms with Gasteiger partial charge < -0.3 is 33.7 Å². The molecule has 402 valence electrons. The first-order valence-corrected chi connectivity index (χ1v) is 28.9. The lowest BCUT2D eigenvalue weighted by Gasteiger charge is -2.32. The minimum absolute atomic E-state index is 0.664. The first-order chi connectivity index (χ1) is 41.7. The topological polar surface area (TPSA) is 38.6 Å². The second-order valence-electron chi connectivity index (χ2n) is 20.3. The van der Waals surface area contributed by atoms with E-state index in [2.05, 4.69) is 333 Å². The van der Waals surface area contributed by atoms with Crippen molar-refractivity contribution in [1.82, 2.24) is 0 Å². The molecule has 0 fully saturated rings. The van der Waals surface area contributed by atoms with Crippen molar-refractivity contribution < 1.29 is 9.15 Å². The van der Waals surface area contributed by atoms with Gasteiger partial charge in [-0.25, -0.2) is 0 Å². The van der Waals surface area contributed by atoms with Crippen LogP contribution in [-0.4, -0.2) is 0 Å². The van der Waals surface area contributed by atoms with Gasteiger partial charge >= 0.3 is 0 Å². The number of rotatable bonds is 17. The van der Waals surface area contributed by atoms with E-state index in [1.807, 2.05) is 24.5 Å². The Morgan fingerprint density at radius 2 is 0.583 bits per heavy atom. The predicted molar refractivity (Wildman–Crippen MR) is 352 cm³/mol.